The molecule has 2 rings (SSSR count). The molecule has 0 aliphatic carbocycles. The van der Waals surface area contributed by atoms with E-state index >= 15 is 0 Å². The normalized spacial score (nSPS) is 11.0. The first-order chi connectivity index (χ1) is 11.1. The van der Waals surface area contributed by atoms with Crippen LogP contribution in [0.2, 0.25) is 0 Å². The van der Waals surface area contributed by atoms with Crippen LogP contribution >= 0.6 is 0 Å². The highest BCUT2D eigenvalue weighted by atomic mass is 16.5. The van der Waals surface area contributed by atoms with Crippen LogP contribution in [0, 0.1) is 25.3 Å². The van der Waals surface area contributed by atoms with E-state index in [1.165, 1.54) is 0 Å². The van der Waals surface area contributed by atoms with Gasteiger partial charge in [0.25, 0.3) is 0 Å². The summed E-state index contributed by atoms with van der Waals surface area (Å²) in [4.78, 5) is 8.19. The molecule has 0 unspecified atom stereocenters. The highest BCUT2D eigenvalue weighted by Gasteiger charge is 2.13. The van der Waals surface area contributed by atoms with Gasteiger partial charge in [0.1, 0.15) is 5.75 Å². The zero-order valence-corrected chi connectivity index (χ0v) is 13.5. The molecule has 0 N–H and O–H groups in total. The number of pyridine rings is 1. The van der Waals surface area contributed by atoms with Crippen LogP contribution in [0.4, 0.5) is 0 Å². The molecule has 0 atom stereocenters. The molecule has 0 aliphatic heterocycles. The van der Waals surface area contributed by atoms with E-state index in [0.717, 1.165) is 16.8 Å². The molecule has 1 aromatic heterocycles. The van der Waals surface area contributed by atoms with Crippen LogP contribution in [0.1, 0.15) is 23.7 Å². The summed E-state index contributed by atoms with van der Waals surface area (Å²) in [5, 5.41) is 8.90. The topological polar surface area (TPSA) is 67.5 Å². The lowest BCUT2D eigenvalue weighted by molar-refractivity contribution is 0.323. The van der Waals surface area contributed by atoms with Crippen LogP contribution in [0.25, 0.3) is 0 Å². The lowest BCUT2D eigenvalue weighted by atomic mass is 10.1. The van der Waals surface area contributed by atoms with E-state index in [4.69, 9.17) is 14.7 Å². The Balaban J connectivity index is 2.27. The molecule has 0 saturated carbocycles. The maximum absolute atomic E-state index is 8.90. The minimum atomic E-state index is 0.342. The summed E-state index contributed by atoms with van der Waals surface area (Å²) in [6.07, 6.45) is 2.20. The van der Waals surface area contributed by atoms with Gasteiger partial charge in [0.2, 0.25) is 18.0 Å². The number of aliphatic imine (C=N–C) groups is 1. The third-order valence-corrected chi connectivity index (χ3v) is 3.24. The Morgan fingerprint density at radius 3 is 2.65 bits per heavy atom. The van der Waals surface area contributed by atoms with Crippen molar-refractivity contribution in [1.82, 2.24) is 4.98 Å². The smallest absolute Gasteiger partial charge is 0.216 e. The summed E-state index contributed by atoms with van der Waals surface area (Å²) in [6.45, 7) is 6.32. The molecule has 0 fully saturated rings. The van der Waals surface area contributed by atoms with Gasteiger partial charge in [-0.15, -0.1) is 4.99 Å². The Bertz CT molecular complexity index is 734. The molecular formula is C18H19N3O2. The number of aryl methyl sites for hydroxylation is 1. The number of hydrogen-bond acceptors (Lipinski definition) is 5. The lowest BCUT2D eigenvalue weighted by Crippen LogP contribution is -2.14. The standard InChI is InChI=1S/C18H19N3O2/c1-4-22-18-14(3)15(10-13(2)21-18)11-17(20-12-19)23-16-8-6-5-7-9-16/h5-10H,4,11H2,1-3H3. The molecule has 0 spiro atoms. The third-order valence-electron chi connectivity index (χ3n) is 3.24. The van der Waals surface area contributed by atoms with E-state index in [1.54, 1.807) is 6.19 Å². The van der Waals surface area contributed by atoms with E-state index in [2.05, 4.69) is 9.98 Å². The van der Waals surface area contributed by atoms with Crippen molar-refractivity contribution >= 4 is 5.90 Å². The number of benzene rings is 1. The van der Waals surface area contributed by atoms with Crippen molar-refractivity contribution in [1.29, 1.82) is 5.26 Å². The summed E-state index contributed by atoms with van der Waals surface area (Å²) >= 11 is 0. The molecule has 0 saturated heterocycles. The summed E-state index contributed by atoms with van der Waals surface area (Å²) in [5.74, 6) is 1.60. The van der Waals surface area contributed by atoms with Gasteiger partial charge in [-0.05, 0) is 44.5 Å². The predicted molar refractivity (Wildman–Crippen MR) is 88.7 cm³/mol. The zero-order valence-electron chi connectivity index (χ0n) is 13.5. The van der Waals surface area contributed by atoms with Crippen molar-refractivity contribution in [3.63, 3.8) is 0 Å². The van der Waals surface area contributed by atoms with Gasteiger partial charge in [0, 0.05) is 11.3 Å². The molecule has 0 radical (unpaired) electrons. The van der Waals surface area contributed by atoms with E-state index in [0.29, 0.717) is 30.6 Å². The number of ether oxygens (including phenoxy) is 2. The highest BCUT2D eigenvalue weighted by Crippen LogP contribution is 2.22. The SMILES string of the molecule is CCOc1nc(C)cc(CC(=NC#N)Oc2ccccc2)c1C. The summed E-state index contributed by atoms with van der Waals surface area (Å²) in [7, 11) is 0. The highest BCUT2D eigenvalue weighted by molar-refractivity contribution is 5.82. The van der Waals surface area contributed by atoms with Gasteiger partial charge < -0.3 is 9.47 Å². The molecule has 0 amide bonds. The van der Waals surface area contributed by atoms with Crippen molar-refractivity contribution in [2.45, 2.75) is 27.2 Å². The molecule has 118 valence electrons. The zero-order chi connectivity index (χ0) is 16.7. The Labute approximate surface area is 136 Å². The molecular weight excluding hydrogens is 290 g/mol. The predicted octanol–water partition coefficient (Wildman–Crippen LogP) is 3.60. The quantitative estimate of drug-likeness (QED) is 0.481. The molecule has 2 aromatic rings. The first-order valence-corrected chi connectivity index (χ1v) is 7.42. The number of hydrogen-bond donors (Lipinski definition) is 0. The average Bonchev–Trinajstić information content (AvgIpc) is 2.53. The first kappa shape index (κ1) is 16.5. The van der Waals surface area contributed by atoms with Gasteiger partial charge in [-0.1, -0.05) is 18.2 Å². The summed E-state index contributed by atoms with van der Waals surface area (Å²) in [6, 6.07) is 11.2. The number of rotatable bonds is 5. The minimum absolute atomic E-state index is 0.342. The number of nitrogens with zero attached hydrogens (tertiary/aromatic N) is 3. The Morgan fingerprint density at radius 2 is 2.00 bits per heavy atom. The van der Waals surface area contributed by atoms with Crippen molar-refractivity contribution in [2.75, 3.05) is 6.61 Å². The average molecular weight is 309 g/mol. The largest absolute Gasteiger partial charge is 0.478 e. The maximum Gasteiger partial charge on any atom is 0.216 e. The van der Waals surface area contributed by atoms with E-state index < -0.39 is 0 Å². The minimum Gasteiger partial charge on any atom is -0.478 e. The lowest BCUT2D eigenvalue weighted by Gasteiger charge is -2.13. The molecule has 1 heterocycles. The molecule has 5 nitrogen and oxygen atoms in total. The van der Waals surface area contributed by atoms with Crippen LogP contribution in [-0.2, 0) is 6.42 Å². The van der Waals surface area contributed by atoms with Gasteiger partial charge in [-0.3, -0.25) is 0 Å². The van der Waals surface area contributed by atoms with Crippen molar-refractivity contribution in [2.24, 2.45) is 4.99 Å². The maximum atomic E-state index is 8.90. The Hall–Kier alpha value is -2.87. The van der Waals surface area contributed by atoms with Gasteiger partial charge in [0.05, 0.1) is 13.0 Å². The molecule has 5 heteroatoms. The van der Waals surface area contributed by atoms with Crippen LogP contribution in [0.3, 0.4) is 0 Å². The molecule has 0 bridgehead atoms. The van der Waals surface area contributed by atoms with E-state index in [-0.39, 0.29) is 0 Å². The van der Waals surface area contributed by atoms with Gasteiger partial charge in [-0.2, -0.15) is 5.26 Å². The second-order valence-corrected chi connectivity index (χ2v) is 4.98. The fraction of sp³-hybridized carbons (Fsp3) is 0.278. The summed E-state index contributed by atoms with van der Waals surface area (Å²) < 4.78 is 11.3. The third kappa shape index (κ3) is 4.55. The fourth-order valence-electron chi connectivity index (χ4n) is 2.18. The fourth-order valence-corrected chi connectivity index (χ4v) is 2.18. The van der Waals surface area contributed by atoms with E-state index in [9.17, 15) is 0 Å². The van der Waals surface area contributed by atoms with Crippen LogP contribution in [-0.4, -0.2) is 17.5 Å². The summed E-state index contributed by atoms with van der Waals surface area (Å²) in [5.41, 5.74) is 2.76. The van der Waals surface area contributed by atoms with Crippen LogP contribution in [0.5, 0.6) is 11.6 Å². The van der Waals surface area contributed by atoms with Crippen LogP contribution < -0.4 is 9.47 Å². The van der Waals surface area contributed by atoms with Crippen LogP contribution in [0.15, 0.2) is 41.4 Å². The Kier molecular flexibility index (Phi) is 5.70. The van der Waals surface area contributed by atoms with E-state index in [1.807, 2.05) is 57.2 Å². The van der Waals surface area contributed by atoms with Gasteiger partial charge in [0.15, 0.2) is 0 Å². The molecule has 1 aromatic carbocycles. The second-order valence-electron chi connectivity index (χ2n) is 4.98. The first-order valence-electron chi connectivity index (χ1n) is 7.42. The van der Waals surface area contributed by atoms with Gasteiger partial charge >= 0.3 is 0 Å². The molecule has 23 heavy (non-hydrogen) atoms. The number of nitriles is 1. The van der Waals surface area contributed by atoms with Crippen molar-refractivity contribution in [3.05, 3.63) is 53.2 Å². The van der Waals surface area contributed by atoms with Crippen molar-refractivity contribution < 1.29 is 9.47 Å². The van der Waals surface area contributed by atoms with Crippen molar-refractivity contribution in [3.8, 4) is 17.8 Å². The Morgan fingerprint density at radius 1 is 1.26 bits per heavy atom. The van der Waals surface area contributed by atoms with Gasteiger partial charge in [-0.25, -0.2) is 4.98 Å². The molecule has 0 aliphatic rings. The monoisotopic (exact) mass is 309 g/mol. The second kappa shape index (κ2) is 7.95. The number of aromatic nitrogens is 1. The number of para-hydroxylation sites is 1.